The van der Waals surface area contributed by atoms with E-state index in [2.05, 4.69) is 20.3 Å². The molecule has 3 aromatic rings. The van der Waals surface area contributed by atoms with Crippen LogP contribution in [0, 0.1) is 0 Å². The third-order valence-electron chi connectivity index (χ3n) is 2.94. The molecular weight excluding hydrogens is 274 g/mol. The summed E-state index contributed by atoms with van der Waals surface area (Å²) in [6, 6.07) is 8.25. The Kier molecular flexibility index (Phi) is 3.15. The molecule has 1 amide bonds. The van der Waals surface area contributed by atoms with Crippen LogP contribution in [0.1, 0.15) is 21.0 Å². The Hall–Kier alpha value is -3.09. The second-order valence-electron chi connectivity index (χ2n) is 4.26. The van der Waals surface area contributed by atoms with Crippen LogP contribution in [-0.4, -0.2) is 29.2 Å². The van der Waals surface area contributed by atoms with Gasteiger partial charge in [0.05, 0.1) is 18.9 Å². The maximum Gasteiger partial charge on any atom is 0.359 e. The number of carbonyl (C=O) groups excluding carboxylic acids is 2. The lowest BCUT2D eigenvalue weighted by atomic mass is 10.2. The molecule has 3 rings (SSSR count). The number of furan rings is 1. The third kappa shape index (κ3) is 2.36. The molecule has 0 fully saturated rings. The fourth-order valence-corrected chi connectivity index (χ4v) is 1.94. The predicted molar refractivity (Wildman–Crippen MR) is 74.1 cm³/mol. The molecule has 0 spiro atoms. The maximum absolute atomic E-state index is 11.9. The average Bonchev–Trinajstić information content (AvgIpc) is 3.15. The molecule has 21 heavy (non-hydrogen) atoms. The van der Waals surface area contributed by atoms with Gasteiger partial charge in [-0.2, -0.15) is 5.10 Å². The van der Waals surface area contributed by atoms with Crippen LogP contribution in [0.5, 0.6) is 0 Å². The molecule has 7 heteroatoms. The molecule has 0 aliphatic carbocycles. The van der Waals surface area contributed by atoms with Crippen molar-refractivity contribution in [3.05, 3.63) is 48.0 Å². The van der Waals surface area contributed by atoms with Crippen molar-refractivity contribution in [2.24, 2.45) is 0 Å². The van der Waals surface area contributed by atoms with Gasteiger partial charge in [-0.15, -0.1) is 0 Å². The number of H-pyrrole nitrogens is 1. The van der Waals surface area contributed by atoms with Crippen LogP contribution >= 0.6 is 0 Å². The monoisotopic (exact) mass is 285 g/mol. The largest absolute Gasteiger partial charge is 0.464 e. The van der Waals surface area contributed by atoms with E-state index in [0.717, 1.165) is 0 Å². The summed E-state index contributed by atoms with van der Waals surface area (Å²) in [7, 11) is 1.28. The Balaban J connectivity index is 1.93. The van der Waals surface area contributed by atoms with Crippen molar-refractivity contribution in [1.82, 2.24) is 10.2 Å². The van der Waals surface area contributed by atoms with Gasteiger partial charge in [0.15, 0.2) is 11.5 Å². The summed E-state index contributed by atoms with van der Waals surface area (Å²) < 4.78 is 9.67. The highest BCUT2D eigenvalue weighted by atomic mass is 16.5. The molecule has 7 nitrogen and oxygen atoms in total. The number of nitrogens with one attached hydrogen (secondary N) is 2. The first-order chi connectivity index (χ1) is 10.2. The van der Waals surface area contributed by atoms with E-state index in [-0.39, 0.29) is 17.4 Å². The van der Waals surface area contributed by atoms with Gasteiger partial charge >= 0.3 is 5.97 Å². The zero-order chi connectivity index (χ0) is 14.8. The fraction of sp³-hybridized carbons (Fsp3) is 0.0714. The maximum atomic E-state index is 11.9. The molecule has 0 saturated carbocycles. The fourth-order valence-electron chi connectivity index (χ4n) is 1.94. The van der Waals surface area contributed by atoms with Gasteiger partial charge in [-0.1, -0.05) is 0 Å². The topological polar surface area (TPSA) is 97.2 Å². The molecule has 0 bridgehead atoms. The summed E-state index contributed by atoms with van der Waals surface area (Å²) in [4.78, 5) is 23.5. The molecule has 2 N–H and O–H groups in total. The van der Waals surface area contributed by atoms with Gasteiger partial charge in [0.1, 0.15) is 0 Å². The minimum atomic E-state index is -0.546. The quantitative estimate of drug-likeness (QED) is 0.719. The average molecular weight is 285 g/mol. The lowest BCUT2D eigenvalue weighted by molar-refractivity contribution is 0.0596. The van der Waals surface area contributed by atoms with E-state index >= 15 is 0 Å². The zero-order valence-corrected chi connectivity index (χ0v) is 11.0. The van der Waals surface area contributed by atoms with Gasteiger partial charge in [0.25, 0.3) is 5.91 Å². The SMILES string of the molecule is COC(=O)c1n[nH]c2ccc(NC(=O)c3ccco3)cc12. The second kappa shape index (κ2) is 5.12. The molecule has 2 aromatic heterocycles. The number of aromatic nitrogens is 2. The van der Waals surface area contributed by atoms with Crippen molar-refractivity contribution in [3.63, 3.8) is 0 Å². The summed E-state index contributed by atoms with van der Waals surface area (Å²) >= 11 is 0. The molecule has 1 aromatic carbocycles. The molecule has 0 saturated heterocycles. The number of benzene rings is 1. The van der Waals surface area contributed by atoms with Crippen molar-refractivity contribution in [2.75, 3.05) is 12.4 Å². The number of nitrogens with zero attached hydrogens (tertiary/aromatic N) is 1. The molecule has 2 heterocycles. The van der Waals surface area contributed by atoms with Crippen LogP contribution < -0.4 is 5.32 Å². The van der Waals surface area contributed by atoms with Crippen molar-refractivity contribution >= 4 is 28.5 Å². The van der Waals surface area contributed by atoms with E-state index < -0.39 is 5.97 Å². The second-order valence-corrected chi connectivity index (χ2v) is 4.26. The van der Waals surface area contributed by atoms with Crippen LogP contribution in [0.4, 0.5) is 5.69 Å². The van der Waals surface area contributed by atoms with Crippen LogP contribution in [-0.2, 0) is 4.74 Å². The summed E-state index contributed by atoms with van der Waals surface area (Å²) in [5.41, 5.74) is 1.36. The molecule has 0 aliphatic rings. The molecule has 106 valence electrons. The van der Waals surface area contributed by atoms with E-state index in [9.17, 15) is 9.59 Å². The van der Waals surface area contributed by atoms with Crippen molar-refractivity contribution in [2.45, 2.75) is 0 Å². The standard InChI is InChI=1S/C14H11N3O4/c1-20-14(19)12-9-7-8(4-5-10(9)16-17-12)15-13(18)11-3-2-6-21-11/h2-7H,1H3,(H,15,18)(H,16,17). The first-order valence-corrected chi connectivity index (χ1v) is 6.10. The van der Waals surface area contributed by atoms with Gasteiger partial charge < -0.3 is 14.5 Å². The first-order valence-electron chi connectivity index (χ1n) is 6.10. The Morgan fingerprint density at radius 3 is 2.90 bits per heavy atom. The van der Waals surface area contributed by atoms with Gasteiger partial charge in [-0.25, -0.2) is 4.79 Å². The van der Waals surface area contributed by atoms with E-state index in [1.54, 1.807) is 30.3 Å². The predicted octanol–water partition coefficient (Wildman–Crippen LogP) is 2.19. The number of aromatic amines is 1. The minimum absolute atomic E-state index is 0.168. The molecular formula is C14H11N3O4. The Labute approximate surface area is 118 Å². The van der Waals surface area contributed by atoms with Crippen molar-refractivity contribution in [3.8, 4) is 0 Å². The van der Waals surface area contributed by atoms with Crippen LogP contribution in [0.3, 0.4) is 0 Å². The van der Waals surface area contributed by atoms with E-state index in [1.807, 2.05) is 0 Å². The third-order valence-corrected chi connectivity index (χ3v) is 2.94. The summed E-state index contributed by atoms with van der Waals surface area (Å²) in [5, 5.41) is 9.89. The zero-order valence-electron chi connectivity index (χ0n) is 11.0. The smallest absolute Gasteiger partial charge is 0.359 e. The number of anilines is 1. The number of esters is 1. The van der Waals surface area contributed by atoms with E-state index in [4.69, 9.17) is 4.42 Å². The molecule has 0 unspecified atom stereocenters. The molecule has 0 aliphatic heterocycles. The van der Waals surface area contributed by atoms with Gasteiger partial charge in [0.2, 0.25) is 0 Å². The van der Waals surface area contributed by atoms with Crippen LogP contribution in [0.2, 0.25) is 0 Å². The normalized spacial score (nSPS) is 10.5. The summed E-state index contributed by atoms with van der Waals surface area (Å²) in [5.74, 6) is -0.714. The number of rotatable bonds is 3. The number of hydrogen-bond donors (Lipinski definition) is 2. The highest BCUT2D eigenvalue weighted by Gasteiger charge is 2.16. The highest BCUT2D eigenvalue weighted by molar-refractivity contribution is 6.06. The summed E-state index contributed by atoms with van der Waals surface area (Å²) in [6.07, 6.45) is 1.42. The number of amides is 1. The van der Waals surface area contributed by atoms with Crippen LogP contribution in [0.25, 0.3) is 10.9 Å². The number of ether oxygens (including phenoxy) is 1. The first kappa shape index (κ1) is 12.9. The molecule has 0 atom stereocenters. The van der Waals surface area contributed by atoms with Gasteiger partial charge in [-0.05, 0) is 30.3 Å². The Bertz CT molecular complexity index is 805. The van der Waals surface area contributed by atoms with Crippen LogP contribution in [0.15, 0.2) is 41.0 Å². The van der Waals surface area contributed by atoms with Gasteiger partial charge in [0, 0.05) is 11.1 Å². The number of methoxy groups -OCH3 is 1. The number of carbonyl (C=O) groups is 2. The molecule has 0 radical (unpaired) electrons. The Morgan fingerprint density at radius 2 is 2.19 bits per heavy atom. The summed E-state index contributed by atoms with van der Waals surface area (Å²) in [6.45, 7) is 0. The van der Waals surface area contributed by atoms with E-state index in [1.165, 1.54) is 13.4 Å². The highest BCUT2D eigenvalue weighted by Crippen LogP contribution is 2.21. The van der Waals surface area contributed by atoms with Gasteiger partial charge in [-0.3, -0.25) is 9.89 Å². The van der Waals surface area contributed by atoms with E-state index in [0.29, 0.717) is 16.6 Å². The number of fused-ring (bicyclic) bond motifs is 1. The minimum Gasteiger partial charge on any atom is -0.464 e. The number of hydrogen-bond acceptors (Lipinski definition) is 5. The van der Waals surface area contributed by atoms with Crippen molar-refractivity contribution in [1.29, 1.82) is 0 Å². The van der Waals surface area contributed by atoms with Crippen molar-refractivity contribution < 1.29 is 18.7 Å². The Morgan fingerprint density at radius 1 is 1.33 bits per heavy atom. The lowest BCUT2D eigenvalue weighted by Crippen LogP contribution is -2.10. The lowest BCUT2D eigenvalue weighted by Gasteiger charge is -2.03.